The largest absolute Gasteiger partial charge is 0.482 e. The van der Waals surface area contributed by atoms with Crippen molar-refractivity contribution in [3.8, 4) is 11.8 Å². The maximum atomic E-state index is 12.2. The summed E-state index contributed by atoms with van der Waals surface area (Å²) in [7, 11) is 0. The van der Waals surface area contributed by atoms with Gasteiger partial charge in [-0.2, -0.15) is 18.4 Å². The van der Waals surface area contributed by atoms with Crippen molar-refractivity contribution in [2.24, 2.45) is 0 Å². The average molecular weight is 266 g/mol. The van der Waals surface area contributed by atoms with Crippen molar-refractivity contribution < 1.29 is 17.9 Å². The minimum Gasteiger partial charge on any atom is -0.482 e. The van der Waals surface area contributed by atoms with E-state index in [2.05, 4.69) is 4.98 Å². The topological polar surface area (TPSA) is 45.9 Å². The molecule has 0 aliphatic rings. The van der Waals surface area contributed by atoms with Gasteiger partial charge in [0.25, 0.3) is 0 Å². The molecule has 0 unspecified atom stereocenters. The van der Waals surface area contributed by atoms with Crippen LogP contribution in [-0.4, -0.2) is 17.8 Å². The molecule has 0 spiro atoms. The van der Waals surface area contributed by atoms with Crippen LogP contribution < -0.4 is 4.74 Å². The van der Waals surface area contributed by atoms with Crippen LogP contribution in [0.4, 0.5) is 13.2 Å². The lowest BCUT2D eigenvalue weighted by Crippen LogP contribution is -2.19. The van der Waals surface area contributed by atoms with E-state index in [-0.39, 0.29) is 11.3 Å². The number of hydrogen-bond donors (Lipinski definition) is 0. The molecule has 0 aliphatic carbocycles. The van der Waals surface area contributed by atoms with Crippen LogP contribution in [0.15, 0.2) is 24.4 Å². The normalized spacial score (nSPS) is 11.3. The van der Waals surface area contributed by atoms with E-state index < -0.39 is 12.8 Å². The van der Waals surface area contributed by atoms with Crippen LogP contribution in [0.1, 0.15) is 11.1 Å². The summed E-state index contributed by atoms with van der Waals surface area (Å²) in [6, 6.07) is 6.90. The summed E-state index contributed by atoms with van der Waals surface area (Å²) in [6.07, 6.45) is -3.24. The molecule has 0 radical (unpaired) electrons. The molecule has 1 aromatic heterocycles. The lowest BCUT2D eigenvalue weighted by molar-refractivity contribution is -0.153. The molecule has 0 amide bonds. The number of halogens is 3. The maximum absolute atomic E-state index is 12.2. The quantitative estimate of drug-likeness (QED) is 0.837. The number of aryl methyl sites for hydroxylation is 1. The number of nitriles is 1. The van der Waals surface area contributed by atoms with E-state index in [1.807, 2.05) is 0 Å². The molecule has 0 fully saturated rings. The van der Waals surface area contributed by atoms with Gasteiger partial charge in [0, 0.05) is 11.6 Å². The SMILES string of the molecule is Cc1ccc2ncc(C#N)c(OCC(F)(F)F)c2c1. The molecule has 0 atom stereocenters. The van der Waals surface area contributed by atoms with Gasteiger partial charge in [-0.25, -0.2) is 0 Å². The number of alkyl halides is 3. The number of pyridine rings is 1. The van der Waals surface area contributed by atoms with Crippen molar-refractivity contribution in [1.29, 1.82) is 5.26 Å². The van der Waals surface area contributed by atoms with Gasteiger partial charge in [0.05, 0.1) is 5.52 Å². The van der Waals surface area contributed by atoms with Crippen LogP contribution in [0.5, 0.6) is 5.75 Å². The summed E-state index contributed by atoms with van der Waals surface area (Å²) in [5, 5.41) is 9.33. The van der Waals surface area contributed by atoms with E-state index in [1.165, 1.54) is 6.20 Å². The number of rotatable bonds is 2. The molecule has 0 saturated carbocycles. The number of nitrogens with zero attached hydrogens (tertiary/aromatic N) is 2. The first-order valence-electron chi connectivity index (χ1n) is 5.40. The highest BCUT2D eigenvalue weighted by molar-refractivity contribution is 5.87. The standard InChI is InChI=1S/C13H9F3N2O/c1-8-2-3-11-10(4-8)12(9(5-17)6-18-11)19-7-13(14,15)16/h2-4,6H,7H2,1H3. The lowest BCUT2D eigenvalue weighted by Gasteiger charge is -2.12. The van der Waals surface area contributed by atoms with Gasteiger partial charge in [-0.3, -0.25) is 4.98 Å². The van der Waals surface area contributed by atoms with Crippen molar-refractivity contribution in [2.45, 2.75) is 13.1 Å². The zero-order valence-electron chi connectivity index (χ0n) is 9.95. The van der Waals surface area contributed by atoms with Crippen LogP contribution in [0.2, 0.25) is 0 Å². The molecular formula is C13H9F3N2O. The number of aromatic nitrogens is 1. The fraction of sp³-hybridized carbons (Fsp3) is 0.231. The summed E-state index contributed by atoms with van der Waals surface area (Å²) in [5.41, 5.74) is 1.32. The number of ether oxygens (including phenoxy) is 1. The lowest BCUT2D eigenvalue weighted by atomic mass is 10.1. The monoisotopic (exact) mass is 266 g/mol. The Hall–Kier alpha value is -2.29. The second kappa shape index (κ2) is 4.76. The number of hydrogen-bond acceptors (Lipinski definition) is 3. The third-order valence-electron chi connectivity index (χ3n) is 2.47. The van der Waals surface area contributed by atoms with E-state index in [1.54, 1.807) is 31.2 Å². The van der Waals surface area contributed by atoms with Crippen LogP contribution in [0.3, 0.4) is 0 Å². The van der Waals surface area contributed by atoms with Crippen molar-refractivity contribution in [1.82, 2.24) is 4.98 Å². The smallest absolute Gasteiger partial charge is 0.422 e. The first kappa shape index (κ1) is 13.1. The van der Waals surface area contributed by atoms with Crippen molar-refractivity contribution >= 4 is 10.9 Å². The molecule has 2 aromatic rings. The predicted octanol–water partition coefficient (Wildman–Crippen LogP) is 3.36. The minimum atomic E-state index is -4.45. The maximum Gasteiger partial charge on any atom is 0.422 e. The van der Waals surface area contributed by atoms with Crippen LogP contribution in [-0.2, 0) is 0 Å². The zero-order chi connectivity index (χ0) is 14.0. The van der Waals surface area contributed by atoms with Gasteiger partial charge < -0.3 is 4.74 Å². The molecule has 3 nitrogen and oxygen atoms in total. The number of fused-ring (bicyclic) bond motifs is 1. The van der Waals surface area contributed by atoms with Gasteiger partial charge in [0.1, 0.15) is 17.4 Å². The van der Waals surface area contributed by atoms with Gasteiger partial charge in [-0.1, -0.05) is 11.6 Å². The van der Waals surface area contributed by atoms with E-state index in [0.717, 1.165) is 5.56 Å². The highest BCUT2D eigenvalue weighted by atomic mass is 19.4. The molecule has 2 rings (SSSR count). The second-order valence-corrected chi connectivity index (χ2v) is 4.04. The molecule has 0 saturated heterocycles. The van der Waals surface area contributed by atoms with Gasteiger partial charge in [0.2, 0.25) is 0 Å². The van der Waals surface area contributed by atoms with Crippen molar-refractivity contribution in [3.63, 3.8) is 0 Å². The Morgan fingerprint density at radius 2 is 2.11 bits per heavy atom. The van der Waals surface area contributed by atoms with E-state index in [9.17, 15) is 13.2 Å². The summed E-state index contributed by atoms with van der Waals surface area (Å²) in [6.45, 7) is 0.362. The Bertz CT molecular complexity index is 659. The molecule has 1 aromatic carbocycles. The zero-order valence-corrected chi connectivity index (χ0v) is 9.95. The summed E-state index contributed by atoms with van der Waals surface area (Å²) >= 11 is 0. The van der Waals surface area contributed by atoms with Gasteiger partial charge in [-0.15, -0.1) is 0 Å². The number of benzene rings is 1. The highest BCUT2D eigenvalue weighted by Gasteiger charge is 2.29. The fourth-order valence-corrected chi connectivity index (χ4v) is 1.67. The van der Waals surface area contributed by atoms with Crippen molar-refractivity contribution in [2.75, 3.05) is 6.61 Å². The van der Waals surface area contributed by atoms with Gasteiger partial charge >= 0.3 is 6.18 Å². The average Bonchev–Trinajstić information content (AvgIpc) is 2.34. The fourth-order valence-electron chi connectivity index (χ4n) is 1.67. The Morgan fingerprint density at radius 3 is 2.74 bits per heavy atom. The molecule has 1 heterocycles. The molecular weight excluding hydrogens is 257 g/mol. The van der Waals surface area contributed by atoms with E-state index >= 15 is 0 Å². The first-order chi connectivity index (χ1) is 8.90. The van der Waals surface area contributed by atoms with E-state index in [0.29, 0.717) is 10.9 Å². The first-order valence-corrected chi connectivity index (χ1v) is 5.40. The minimum absolute atomic E-state index is 0.0117. The van der Waals surface area contributed by atoms with Crippen molar-refractivity contribution in [3.05, 3.63) is 35.5 Å². The Kier molecular flexibility index (Phi) is 3.30. The summed E-state index contributed by atoms with van der Waals surface area (Å²) < 4.78 is 41.5. The second-order valence-electron chi connectivity index (χ2n) is 4.04. The Morgan fingerprint density at radius 1 is 1.37 bits per heavy atom. The van der Waals surface area contributed by atoms with Crippen LogP contribution in [0.25, 0.3) is 10.9 Å². The predicted molar refractivity (Wildman–Crippen MR) is 62.7 cm³/mol. The molecule has 19 heavy (non-hydrogen) atoms. The highest BCUT2D eigenvalue weighted by Crippen LogP contribution is 2.30. The summed E-state index contributed by atoms with van der Waals surface area (Å²) in [5.74, 6) is -0.0754. The molecule has 98 valence electrons. The Balaban J connectivity index is 2.54. The van der Waals surface area contributed by atoms with Crippen LogP contribution in [0, 0.1) is 18.3 Å². The molecule has 6 heteroatoms. The molecule has 0 aliphatic heterocycles. The molecule has 0 bridgehead atoms. The van der Waals surface area contributed by atoms with Gasteiger partial charge in [-0.05, 0) is 19.1 Å². The Labute approximate surface area is 107 Å². The van der Waals surface area contributed by atoms with E-state index in [4.69, 9.17) is 10.00 Å². The summed E-state index contributed by atoms with van der Waals surface area (Å²) in [4.78, 5) is 4.01. The third kappa shape index (κ3) is 2.94. The third-order valence-corrected chi connectivity index (χ3v) is 2.47. The van der Waals surface area contributed by atoms with Gasteiger partial charge in [0.15, 0.2) is 6.61 Å². The molecule has 0 N–H and O–H groups in total. The van der Waals surface area contributed by atoms with Crippen LogP contribution >= 0.6 is 0 Å².